The van der Waals surface area contributed by atoms with Crippen molar-refractivity contribution in [1.82, 2.24) is 15.3 Å². The van der Waals surface area contributed by atoms with Gasteiger partial charge in [0.25, 0.3) is 5.91 Å². The zero-order valence-electron chi connectivity index (χ0n) is 9.39. The zero-order valence-corrected chi connectivity index (χ0v) is 9.39. The van der Waals surface area contributed by atoms with Crippen LogP contribution in [0.5, 0.6) is 0 Å². The molecule has 16 heavy (non-hydrogen) atoms. The number of aromatic nitrogens is 2. The van der Waals surface area contributed by atoms with E-state index in [4.69, 9.17) is 5.11 Å². The summed E-state index contributed by atoms with van der Waals surface area (Å²) in [5, 5.41) is 11.6. The number of hydrogen-bond acceptors (Lipinski definition) is 4. The molecule has 5 heteroatoms. The number of aliphatic hydroxyl groups is 1. The minimum Gasteiger partial charge on any atom is -0.396 e. The molecule has 5 nitrogen and oxygen atoms in total. The SMILES string of the molecule is CC(CO)CCCNC(=O)c1cncnc1. The summed E-state index contributed by atoms with van der Waals surface area (Å²) in [5.41, 5.74) is 0.470. The van der Waals surface area contributed by atoms with E-state index in [-0.39, 0.29) is 18.4 Å². The molecular formula is C11H17N3O2. The smallest absolute Gasteiger partial charge is 0.254 e. The first-order chi connectivity index (χ1) is 7.74. The van der Waals surface area contributed by atoms with E-state index in [9.17, 15) is 4.79 Å². The molecule has 1 aromatic heterocycles. The number of nitrogens with zero attached hydrogens (tertiary/aromatic N) is 2. The number of rotatable bonds is 6. The Morgan fingerprint density at radius 2 is 2.19 bits per heavy atom. The number of carbonyl (C=O) groups is 1. The van der Waals surface area contributed by atoms with Gasteiger partial charge in [0.15, 0.2) is 0 Å². The van der Waals surface area contributed by atoms with Crippen molar-refractivity contribution in [2.45, 2.75) is 19.8 Å². The molecule has 1 heterocycles. The molecule has 2 N–H and O–H groups in total. The van der Waals surface area contributed by atoms with Crippen molar-refractivity contribution in [3.63, 3.8) is 0 Å². The Morgan fingerprint density at radius 1 is 1.50 bits per heavy atom. The van der Waals surface area contributed by atoms with Crippen LogP contribution in [0.4, 0.5) is 0 Å². The Hall–Kier alpha value is -1.49. The van der Waals surface area contributed by atoms with E-state index in [1.54, 1.807) is 0 Å². The maximum absolute atomic E-state index is 11.5. The Morgan fingerprint density at radius 3 is 2.81 bits per heavy atom. The largest absolute Gasteiger partial charge is 0.396 e. The van der Waals surface area contributed by atoms with E-state index in [0.717, 1.165) is 12.8 Å². The molecule has 0 aliphatic carbocycles. The molecular weight excluding hydrogens is 206 g/mol. The quantitative estimate of drug-likeness (QED) is 0.693. The van der Waals surface area contributed by atoms with Crippen LogP contribution < -0.4 is 5.32 Å². The van der Waals surface area contributed by atoms with Crippen LogP contribution >= 0.6 is 0 Å². The summed E-state index contributed by atoms with van der Waals surface area (Å²) in [6.45, 7) is 2.78. The highest BCUT2D eigenvalue weighted by atomic mass is 16.3. The van der Waals surface area contributed by atoms with Crippen LogP contribution in [0.2, 0.25) is 0 Å². The standard InChI is InChI=1S/C11H17N3O2/c1-9(7-15)3-2-4-14-11(16)10-5-12-8-13-6-10/h5-6,8-9,15H,2-4,7H2,1H3,(H,14,16). The molecule has 0 spiro atoms. The molecule has 0 saturated heterocycles. The third-order valence-electron chi connectivity index (χ3n) is 2.29. The van der Waals surface area contributed by atoms with Crippen LogP contribution in [0.1, 0.15) is 30.1 Å². The first-order valence-electron chi connectivity index (χ1n) is 5.38. The van der Waals surface area contributed by atoms with Crippen molar-refractivity contribution in [2.24, 2.45) is 5.92 Å². The van der Waals surface area contributed by atoms with E-state index in [0.29, 0.717) is 12.1 Å². The van der Waals surface area contributed by atoms with Gasteiger partial charge in [-0.05, 0) is 18.8 Å². The number of amides is 1. The van der Waals surface area contributed by atoms with Crippen LogP contribution in [-0.4, -0.2) is 34.1 Å². The van der Waals surface area contributed by atoms with Crippen molar-refractivity contribution < 1.29 is 9.90 Å². The first kappa shape index (κ1) is 12.6. The van der Waals surface area contributed by atoms with Crippen LogP contribution in [0.25, 0.3) is 0 Å². The molecule has 0 aromatic carbocycles. The average Bonchev–Trinajstić information content (AvgIpc) is 2.35. The van der Waals surface area contributed by atoms with Crippen LogP contribution in [0.3, 0.4) is 0 Å². The van der Waals surface area contributed by atoms with E-state index in [1.807, 2.05) is 6.92 Å². The zero-order chi connectivity index (χ0) is 11.8. The Kier molecular flexibility index (Phi) is 5.42. The average molecular weight is 223 g/mol. The van der Waals surface area contributed by atoms with Gasteiger partial charge in [-0.2, -0.15) is 0 Å². The van der Waals surface area contributed by atoms with E-state index < -0.39 is 0 Å². The molecule has 0 aliphatic heterocycles. The minimum atomic E-state index is -0.155. The van der Waals surface area contributed by atoms with Crippen LogP contribution in [-0.2, 0) is 0 Å². The fraction of sp³-hybridized carbons (Fsp3) is 0.545. The van der Waals surface area contributed by atoms with Crippen molar-refractivity contribution in [2.75, 3.05) is 13.2 Å². The molecule has 1 amide bonds. The summed E-state index contributed by atoms with van der Waals surface area (Å²) in [5.74, 6) is 0.134. The second-order valence-electron chi connectivity index (χ2n) is 3.81. The van der Waals surface area contributed by atoms with Gasteiger partial charge in [0.1, 0.15) is 6.33 Å². The normalized spacial score (nSPS) is 12.1. The molecule has 1 rings (SSSR count). The van der Waals surface area contributed by atoms with Gasteiger partial charge >= 0.3 is 0 Å². The maximum Gasteiger partial charge on any atom is 0.254 e. The summed E-state index contributed by atoms with van der Waals surface area (Å²) in [6.07, 6.45) is 6.13. The fourth-order valence-electron chi connectivity index (χ4n) is 1.26. The second-order valence-corrected chi connectivity index (χ2v) is 3.81. The van der Waals surface area contributed by atoms with Crippen molar-refractivity contribution in [3.8, 4) is 0 Å². The molecule has 1 atom stereocenters. The van der Waals surface area contributed by atoms with E-state index in [2.05, 4.69) is 15.3 Å². The summed E-state index contributed by atoms with van der Waals surface area (Å²) >= 11 is 0. The van der Waals surface area contributed by atoms with Gasteiger partial charge in [-0.15, -0.1) is 0 Å². The van der Waals surface area contributed by atoms with Crippen molar-refractivity contribution in [3.05, 3.63) is 24.3 Å². The molecule has 0 aliphatic rings. The Labute approximate surface area is 94.9 Å². The van der Waals surface area contributed by atoms with Gasteiger partial charge in [-0.3, -0.25) is 4.79 Å². The lowest BCUT2D eigenvalue weighted by Crippen LogP contribution is -2.25. The highest BCUT2D eigenvalue weighted by molar-refractivity contribution is 5.93. The molecule has 0 fully saturated rings. The lowest BCUT2D eigenvalue weighted by Gasteiger charge is -2.08. The van der Waals surface area contributed by atoms with E-state index >= 15 is 0 Å². The predicted molar refractivity (Wildman–Crippen MR) is 59.8 cm³/mol. The van der Waals surface area contributed by atoms with Gasteiger partial charge in [0.2, 0.25) is 0 Å². The van der Waals surface area contributed by atoms with Crippen LogP contribution in [0.15, 0.2) is 18.7 Å². The summed E-state index contributed by atoms with van der Waals surface area (Å²) in [4.78, 5) is 19.1. The predicted octanol–water partition coefficient (Wildman–Crippen LogP) is 0.615. The molecule has 1 unspecified atom stereocenters. The highest BCUT2D eigenvalue weighted by Crippen LogP contribution is 2.02. The number of carbonyl (C=O) groups excluding carboxylic acids is 1. The van der Waals surface area contributed by atoms with Crippen molar-refractivity contribution in [1.29, 1.82) is 0 Å². The molecule has 0 radical (unpaired) electrons. The van der Waals surface area contributed by atoms with Crippen molar-refractivity contribution >= 4 is 5.91 Å². The summed E-state index contributed by atoms with van der Waals surface area (Å²) < 4.78 is 0. The maximum atomic E-state index is 11.5. The van der Waals surface area contributed by atoms with Gasteiger partial charge in [-0.1, -0.05) is 6.92 Å². The molecule has 0 bridgehead atoms. The summed E-state index contributed by atoms with van der Waals surface area (Å²) in [6, 6.07) is 0. The molecule has 88 valence electrons. The monoisotopic (exact) mass is 223 g/mol. The summed E-state index contributed by atoms with van der Waals surface area (Å²) in [7, 11) is 0. The number of hydrogen-bond donors (Lipinski definition) is 2. The van der Waals surface area contributed by atoms with Gasteiger partial charge in [0.05, 0.1) is 5.56 Å². The molecule has 1 aromatic rings. The number of aliphatic hydroxyl groups excluding tert-OH is 1. The van der Waals surface area contributed by atoms with Gasteiger partial charge < -0.3 is 10.4 Å². The lowest BCUT2D eigenvalue weighted by molar-refractivity contribution is 0.0951. The third kappa shape index (κ3) is 4.35. The lowest BCUT2D eigenvalue weighted by atomic mass is 10.1. The van der Waals surface area contributed by atoms with E-state index in [1.165, 1.54) is 18.7 Å². The number of nitrogens with one attached hydrogen (secondary N) is 1. The fourth-order valence-corrected chi connectivity index (χ4v) is 1.26. The first-order valence-corrected chi connectivity index (χ1v) is 5.38. The highest BCUT2D eigenvalue weighted by Gasteiger charge is 2.05. The Balaban J connectivity index is 2.21. The molecule has 0 saturated carbocycles. The minimum absolute atomic E-state index is 0.155. The third-order valence-corrected chi connectivity index (χ3v) is 2.29. The Bertz CT molecular complexity index is 316. The second kappa shape index (κ2) is 6.90. The topological polar surface area (TPSA) is 75.1 Å². The van der Waals surface area contributed by atoms with Gasteiger partial charge in [-0.25, -0.2) is 9.97 Å². The van der Waals surface area contributed by atoms with Crippen LogP contribution in [0, 0.1) is 5.92 Å². The van der Waals surface area contributed by atoms with Gasteiger partial charge in [0, 0.05) is 25.5 Å².